The summed E-state index contributed by atoms with van der Waals surface area (Å²) >= 11 is 0. The van der Waals surface area contributed by atoms with Crippen molar-refractivity contribution in [1.82, 2.24) is 0 Å². The van der Waals surface area contributed by atoms with Gasteiger partial charge < -0.3 is 56.8 Å². The number of cyclic esters (lactones) is 4. The van der Waals surface area contributed by atoms with E-state index in [2.05, 4.69) is 54.7 Å². The van der Waals surface area contributed by atoms with Gasteiger partial charge in [0, 0.05) is 49.0 Å². The van der Waals surface area contributed by atoms with Gasteiger partial charge >= 0.3 is 71.6 Å². The van der Waals surface area contributed by atoms with Gasteiger partial charge in [0.1, 0.15) is 12.2 Å². The Kier molecular flexibility index (Phi) is 24.1. The molecule has 0 N–H and O–H groups in total. The Morgan fingerprint density at radius 3 is 1.05 bits per heavy atom. The summed E-state index contributed by atoms with van der Waals surface area (Å²) in [5.74, 6) is -8.21. The Morgan fingerprint density at radius 1 is 0.516 bits per heavy atom. The van der Waals surface area contributed by atoms with E-state index in [1.165, 1.54) is 13.8 Å². The molecule has 4 aliphatic heterocycles. The van der Waals surface area contributed by atoms with Crippen LogP contribution in [0.15, 0.2) is 49.6 Å². The van der Waals surface area contributed by atoms with Crippen molar-refractivity contribution in [2.75, 3.05) is 39.6 Å². The molecule has 4 heterocycles. The molecule has 0 amide bonds. The van der Waals surface area contributed by atoms with E-state index < -0.39 is 122 Å². The second kappa shape index (κ2) is 28.2. The molecule has 0 aromatic carbocycles. The minimum absolute atomic E-state index is 0.187. The summed E-state index contributed by atoms with van der Waals surface area (Å²) < 4.78 is 55.7. The Morgan fingerprint density at radius 2 is 0.812 bits per heavy atom. The number of ether oxygens (including phenoxy) is 12. The molecule has 6 unspecified atom stereocenters. The van der Waals surface area contributed by atoms with Gasteiger partial charge in [0.15, 0.2) is 26.4 Å². The first-order chi connectivity index (χ1) is 30.1. The molecule has 0 radical (unpaired) electrons. The van der Waals surface area contributed by atoms with Gasteiger partial charge in [-0.3, -0.25) is 0 Å². The minimum atomic E-state index is -0.902. The van der Waals surface area contributed by atoms with Gasteiger partial charge in [-0.2, -0.15) is 0 Å². The van der Waals surface area contributed by atoms with E-state index in [-0.39, 0.29) is 36.6 Å². The van der Waals surface area contributed by atoms with Gasteiger partial charge in [-0.05, 0) is 27.7 Å². The second-order valence-corrected chi connectivity index (χ2v) is 13.1. The second-order valence-electron chi connectivity index (χ2n) is 13.1. The van der Waals surface area contributed by atoms with Crippen LogP contribution in [0.25, 0.3) is 0 Å². The Balaban J connectivity index is 0.000000427. The van der Waals surface area contributed by atoms with E-state index in [4.69, 9.17) is 28.4 Å². The fourth-order valence-electron chi connectivity index (χ4n) is 4.45. The molecule has 4 saturated heterocycles. The zero-order valence-electron chi connectivity index (χ0n) is 35.3. The average Bonchev–Trinajstić information content (AvgIpc) is 4.01. The van der Waals surface area contributed by atoms with Gasteiger partial charge in [-0.1, -0.05) is 26.3 Å². The fraction of sp³-hybridized carbons (Fsp3) is 0.500. The summed E-state index contributed by atoms with van der Waals surface area (Å²) in [7, 11) is 0. The van der Waals surface area contributed by atoms with E-state index >= 15 is 0 Å². The smallest absolute Gasteiger partial charge is 0.347 e. The van der Waals surface area contributed by atoms with Crippen LogP contribution < -0.4 is 0 Å². The summed E-state index contributed by atoms with van der Waals surface area (Å²) in [5.41, 5.74) is 0.375. The van der Waals surface area contributed by atoms with Crippen LogP contribution in [-0.4, -0.2) is 148 Å². The van der Waals surface area contributed by atoms with Gasteiger partial charge in [0.05, 0.1) is 13.2 Å². The van der Waals surface area contributed by atoms with Crippen molar-refractivity contribution in [2.24, 2.45) is 0 Å². The van der Waals surface area contributed by atoms with E-state index in [1.54, 1.807) is 13.8 Å². The van der Waals surface area contributed by atoms with Gasteiger partial charge in [0.2, 0.25) is 24.4 Å². The molecule has 352 valence electrons. The van der Waals surface area contributed by atoms with Gasteiger partial charge in [-0.25, -0.2) is 57.5 Å². The van der Waals surface area contributed by atoms with Crippen LogP contribution in [-0.2, 0) is 114 Å². The quantitative estimate of drug-likeness (QED) is 0.110. The number of hydrogen-bond donors (Lipinski definition) is 0. The largest absolute Gasteiger partial charge is 0.463 e. The summed E-state index contributed by atoms with van der Waals surface area (Å²) in [6.07, 6.45) is -0.921. The Labute approximate surface area is 365 Å². The molecule has 0 aromatic heterocycles. The topological polar surface area (TPSA) is 316 Å². The third-order valence-electron chi connectivity index (χ3n) is 7.46. The molecule has 0 saturated carbocycles. The molecule has 4 aliphatic rings. The molecule has 4 fully saturated rings. The van der Waals surface area contributed by atoms with Crippen LogP contribution in [0, 0.1) is 0 Å². The van der Waals surface area contributed by atoms with Crippen LogP contribution in [0.1, 0.15) is 53.4 Å². The summed E-state index contributed by atoms with van der Waals surface area (Å²) in [6, 6.07) is 0. The van der Waals surface area contributed by atoms with Gasteiger partial charge in [-0.15, -0.1) is 0 Å². The highest BCUT2D eigenvalue weighted by Crippen LogP contribution is 2.18. The first kappa shape index (κ1) is 54.6. The molecule has 6 atom stereocenters. The van der Waals surface area contributed by atoms with Crippen LogP contribution in [0.3, 0.4) is 0 Å². The normalized spacial score (nSPS) is 21.1. The molecule has 24 nitrogen and oxygen atoms in total. The standard InChI is InChI=1S/C11H14O6.2C10H12O6.C9H10O6/c1-6(2)10(13)15-5-9(12)17-8-4-7(3)16-11(8)14;1-6(2)9(12)15-5-8(11)16-7-3-4-14-10(7)13;1-3-8(11)14-5-9(12)16-7-4-6(2)15-10(7)13;1-2-7(10)14-5-8(11)15-6-3-4-13-9(6)12/h7-8H,1,4-5H2,2-3H3;7H,1,3-5H2,2H3;3,6-7H,1,4-5H2,2H3;2,6H,1,3-5H2. The third-order valence-corrected chi connectivity index (χ3v) is 7.46. The van der Waals surface area contributed by atoms with Gasteiger partial charge in [0.25, 0.3) is 0 Å². The van der Waals surface area contributed by atoms with Crippen LogP contribution in [0.4, 0.5) is 0 Å². The number of hydrogen-bond acceptors (Lipinski definition) is 24. The molecule has 0 spiro atoms. The lowest BCUT2D eigenvalue weighted by Gasteiger charge is -2.08. The number of carbonyl (C=O) groups excluding carboxylic acids is 12. The van der Waals surface area contributed by atoms with Crippen LogP contribution in [0.5, 0.6) is 0 Å². The van der Waals surface area contributed by atoms with Crippen molar-refractivity contribution in [3.05, 3.63) is 49.6 Å². The molecule has 4 rings (SSSR count). The maximum Gasteiger partial charge on any atom is 0.347 e. The van der Waals surface area contributed by atoms with E-state index in [0.29, 0.717) is 25.7 Å². The highest BCUT2D eigenvalue weighted by Gasteiger charge is 2.36. The van der Waals surface area contributed by atoms with Crippen LogP contribution in [0.2, 0.25) is 0 Å². The van der Waals surface area contributed by atoms with Crippen molar-refractivity contribution in [3.8, 4) is 0 Å². The predicted molar refractivity (Wildman–Crippen MR) is 205 cm³/mol. The van der Waals surface area contributed by atoms with Crippen molar-refractivity contribution in [3.63, 3.8) is 0 Å². The molecular weight excluding hydrogens is 864 g/mol. The van der Waals surface area contributed by atoms with E-state index in [1.807, 2.05) is 0 Å². The highest BCUT2D eigenvalue weighted by atomic mass is 16.7. The lowest BCUT2D eigenvalue weighted by Crippen LogP contribution is -2.26. The SMILES string of the molecule is C=C(C)C(=O)OCC(=O)OC1CC(C)OC1=O.C=C(C)C(=O)OCC(=O)OC1CCOC1=O.C=CC(=O)OCC(=O)OC1CC(C)OC1=O.C=CC(=O)OCC(=O)OC1CCOC1=O. The average molecular weight is 913 g/mol. The lowest BCUT2D eigenvalue weighted by molar-refractivity contribution is -0.166. The van der Waals surface area contributed by atoms with Crippen molar-refractivity contribution in [2.45, 2.75) is 90.0 Å². The zero-order chi connectivity index (χ0) is 48.5. The lowest BCUT2D eigenvalue weighted by atomic mass is 10.2. The molecule has 24 heteroatoms. The highest BCUT2D eigenvalue weighted by molar-refractivity contribution is 5.90. The number of esters is 12. The summed E-state index contributed by atoms with van der Waals surface area (Å²) in [5, 5.41) is 0. The Hall–Kier alpha value is -7.40. The number of carbonyl (C=O) groups is 12. The van der Waals surface area contributed by atoms with E-state index in [0.717, 1.165) is 12.2 Å². The fourth-order valence-corrected chi connectivity index (χ4v) is 4.45. The molecule has 64 heavy (non-hydrogen) atoms. The summed E-state index contributed by atoms with van der Waals surface area (Å²) in [6.45, 7) is 17.7. The first-order valence-electron chi connectivity index (χ1n) is 18.8. The summed E-state index contributed by atoms with van der Waals surface area (Å²) in [4.78, 5) is 132. The first-order valence-corrected chi connectivity index (χ1v) is 18.8. The predicted octanol–water partition coefficient (Wildman–Crippen LogP) is -0.146. The van der Waals surface area contributed by atoms with Crippen molar-refractivity contribution >= 4 is 71.6 Å². The molecule has 0 bridgehead atoms. The van der Waals surface area contributed by atoms with Crippen molar-refractivity contribution < 1.29 is 114 Å². The minimum Gasteiger partial charge on any atom is -0.463 e. The molecular formula is C40H48O24. The Bertz CT molecular complexity index is 1820. The van der Waals surface area contributed by atoms with Crippen LogP contribution >= 0.6 is 0 Å². The maximum absolute atomic E-state index is 11.2. The monoisotopic (exact) mass is 912 g/mol. The molecule has 0 aromatic rings. The van der Waals surface area contributed by atoms with E-state index in [9.17, 15) is 57.5 Å². The molecule has 0 aliphatic carbocycles. The number of rotatable bonds is 16. The zero-order valence-corrected chi connectivity index (χ0v) is 35.3. The maximum atomic E-state index is 11.2. The van der Waals surface area contributed by atoms with Crippen molar-refractivity contribution in [1.29, 1.82) is 0 Å². The third kappa shape index (κ3) is 21.9.